The summed E-state index contributed by atoms with van der Waals surface area (Å²) in [5.74, 6) is -1.42. The minimum absolute atomic E-state index is 0.183. The highest BCUT2D eigenvalue weighted by molar-refractivity contribution is 7.37. The maximum Gasteiger partial charge on any atom is 0.232 e. The summed E-state index contributed by atoms with van der Waals surface area (Å²) in [5, 5.41) is 2.75. The lowest BCUT2D eigenvalue weighted by atomic mass is 10.0. The molecule has 1 aromatic carbocycles. The molecular weight excluding hydrogens is 381 g/mol. The average molecular weight is 408 g/mol. The largest absolute Gasteiger partial charge is 0.326 e. The third-order valence-corrected chi connectivity index (χ3v) is 5.17. The second kappa shape index (κ2) is 12.3. The molecule has 0 radical (unpaired) electrons. The first kappa shape index (κ1) is 23.9. The Labute approximate surface area is 167 Å². The van der Waals surface area contributed by atoms with E-state index < -0.39 is 11.6 Å². The SMILES string of the molecule is C=C(/C=C\C(=C/C)Cc1cc(F)cc(F)c1)NC(=O)C(CCC=O)PN(C)C. The van der Waals surface area contributed by atoms with Crippen LogP contribution in [0.15, 0.2) is 54.3 Å². The van der Waals surface area contributed by atoms with Crippen molar-refractivity contribution < 1.29 is 18.4 Å². The Morgan fingerprint density at radius 3 is 2.43 bits per heavy atom. The van der Waals surface area contributed by atoms with Crippen LogP contribution in [0.5, 0.6) is 0 Å². The molecule has 0 aliphatic carbocycles. The number of benzene rings is 1. The molecule has 4 nitrogen and oxygen atoms in total. The van der Waals surface area contributed by atoms with Gasteiger partial charge in [0, 0.05) is 18.2 Å². The van der Waals surface area contributed by atoms with Gasteiger partial charge in [-0.15, -0.1) is 0 Å². The molecule has 28 heavy (non-hydrogen) atoms. The van der Waals surface area contributed by atoms with Gasteiger partial charge in [0.25, 0.3) is 0 Å². The second-order valence-corrected chi connectivity index (χ2v) is 8.34. The zero-order valence-electron chi connectivity index (χ0n) is 16.5. The molecule has 0 aliphatic rings. The Morgan fingerprint density at radius 2 is 1.89 bits per heavy atom. The Morgan fingerprint density at radius 1 is 1.25 bits per heavy atom. The van der Waals surface area contributed by atoms with E-state index in [1.165, 1.54) is 12.1 Å². The maximum atomic E-state index is 13.3. The van der Waals surface area contributed by atoms with E-state index in [2.05, 4.69) is 11.9 Å². The number of aldehydes is 1. The number of amides is 1. The van der Waals surface area contributed by atoms with Gasteiger partial charge in [-0.25, -0.2) is 8.78 Å². The third kappa shape index (κ3) is 9.16. The number of carbonyl (C=O) groups is 2. The summed E-state index contributed by atoms with van der Waals surface area (Å²) in [7, 11) is 4.01. The second-order valence-electron chi connectivity index (χ2n) is 6.49. The monoisotopic (exact) mass is 408 g/mol. The molecule has 7 heteroatoms. The van der Waals surface area contributed by atoms with E-state index >= 15 is 0 Å². The van der Waals surface area contributed by atoms with Crippen LogP contribution in [-0.2, 0) is 16.0 Å². The number of carbonyl (C=O) groups excluding carboxylic acids is 2. The lowest BCUT2D eigenvalue weighted by Crippen LogP contribution is -2.32. The van der Waals surface area contributed by atoms with Gasteiger partial charge in [-0.05, 0) is 71.9 Å². The summed E-state index contributed by atoms with van der Waals surface area (Å²) in [4.78, 5) is 23.1. The van der Waals surface area contributed by atoms with Crippen molar-refractivity contribution in [2.75, 3.05) is 14.1 Å². The number of rotatable bonds is 11. The fraction of sp³-hybridized carbons (Fsp3) is 0.333. The van der Waals surface area contributed by atoms with Gasteiger partial charge >= 0.3 is 0 Å². The summed E-state index contributed by atoms with van der Waals surface area (Å²) < 4.78 is 28.6. The van der Waals surface area contributed by atoms with Crippen LogP contribution >= 0.6 is 8.73 Å². The van der Waals surface area contributed by atoms with E-state index in [1.54, 1.807) is 12.2 Å². The van der Waals surface area contributed by atoms with Gasteiger partial charge in [-0.3, -0.25) is 9.46 Å². The molecular formula is C21H27F2N2O2P. The lowest BCUT2D eigenvalue weighted by molar-refractivity contribution is -0.120. The van der Waals surface area contributed by atoms with E-state index in [4.69, 9.17) is 0 Å². The highest BCUT2D eigenvalue weighted by Crippen LogP contribution is 2.25. The van der Waals surface area contributed by atoms with Gasteiger partial charge in [0.1, 0.15) is 17.9 Å². The van der Waals surface area contributed by atoms with E-state index in [-0.39, 0.29) is 20.3 Å². The number of hydrogen-bond acceptors (Lipinski definition) is 3. The molecule has 1 aromatic rings. The molecule has 0 fully saturated rings. The third-order valence-electron chi connectivity index (χ3n) is 3.79. The van der Waals surface area contributed by atoms with Crippen molar-refractivity contribution in [3.05, 3.63) is 71.5 Å². The molecule has 2 atom stereocenters. The van der Waals surface area contributed by atoms with Gasteiger partial charge < -0.3 is 10.1 Å². The minimum Gasteiger partial charge on any atom is -0.326 e. The zero-order valence-corrected chi connectivity index (χ0v) is 17.5. The summed E-state index contributed by atoms with van der Waals surface area (Å²) in [6, 6.07) is 3.41. The van der Waals surface area contributed by atoms with Crippen LogP contribution in [0.2, 0.25) is 0 Å². The quantitative estimate of drug-likeness (QED) is 0.340. The van der Waals surface area contributed by atoms with Gasteiger partial charge in [-0.1, -0.05) is 18.7 Å². The molecule has 0 heterocycles. The summed E-state index contributed by atoms with van der Waals surface area (Å²) in [6.45, 7) is 5.66. The standard InChI is InChI=1S/C21H27F2N2O2P/c1-5-16(11-17-12-18(22)14-19(23)13-17)9-8-15(2)24-21(27)20(7-6-10-26)28-25(3)4/h5,8-10,12-14,20,28H,2,6-7,11H2,1,3-4H3,(H,24,27)/b9-8-,16-5+. The van der Waals surface area contributed by atoms with Crippen LogP contribution in [-0.4, -0.2) is 36.6 Å². The van der Waals surface area contributed by atoms with E-state index in [1.807, 2.05) is 31.8 Å². The van der Waals surface area contributed by atoms with Crippen LogP contribution in [0, 0.1) is 11.6 Å². The molecule has 0 bridgehead atoms. The van der Waals surface area contributed by atoms with Gasteiger partial charge in [0.2, 0.25) is 5.91 Å². The van der Waals surface area contributed by atoms with E-state index in [0.29, 0.717) is 30.5 Å². The Balaban J connectivity index is 2.71. The normalized spacial score (nSPS) is 13.4. The topological polar surface area (TPSA) is 49.4 Å². The van der Waals surface area contributed by atoms with E-state index in [9.17, 15) is 18.4 Å². The van der Waals surface area contributed by atoms with Crippen LogP contribution < -0.4 is 5.32 Å². The Bertz CT molecular complexity index is 741. The van der Waals surface area contributed by atoms with Crippen molar-refractivity contribution >= 4 is 20.9 Å². The van der Waals surface area contributed by atoms with E-state index in [0.717, 1.165) is 17.9 Å². The molecule has 0 aliphatic heterocycles. The highest BCUT2D eigenvalue weighted by Gasteiger charge is 2.19. The number of halogens is 2. The van der Waals surface area contributed by atoms with Gasteiger partial charge in [-0.2, -0.15) is 0 Å². The lowest BCUT2D eigenvalue weighted by Gasteiger charge is -2.19. The molecule has 2 unspecified atom stereocenters. The van der Waals surface area contributed by atoms with Gasteiger partial charge in [0.15, 0.2) is 0 Å². The molecule has 152 valence electrons. The Kier molecular flexibility index (Phi) is 10.5. The predicted octanol–water partition coefficient (Wildman–Crippen LogP) is 4.14. The zero-order chi connectivity index (χ0) is 21.1. The van der Waals surface area contributed by atoms with Crippen molar-refractivity contribution in [1.29, 1.82) is 0 Å². The van der Waals surface area contributed by atoms with Crippen molar-refractivity contribution in [3.63, 3.8) is 0 Å². The van der Waals surface area contributed by atoms with Crippen LogP contribution in [0.25, 0.3) is 0 Å². The first-order chi connectivity index (χ1) is 13.2. The number of nitrogens with one attached hydrogen (secondary N) is 1. The minimum atomic E-state index is -0.616. The first-order valence-electron chi connectivity index (χ1n) is 8.90. The fourth-order valence-electron chi connectivity index (χ4n) is 2.50. The van der Waals surface area contributed by atoms with Crippen molar-refractivity contribution in [1.82, 2.24) is 9.99 Å². The predicted molar refractivity (Wildman–Crippen MR) is 111 cm³/mol. The molecule has 0 saturated carbocycles. The highest BCUT2D eigenvalue weighted by atomic mass is 31.1. The van der Waals surface area contributed by atoms with Gasteiger partial charge in [0.05, 0.1) is 5.66 Å². The fourth-order valence-corrected chi connectivity index (χ4v) is 3.61. The summed E-state index contributed by atoms with van der Waals surface area (Å²) >= 11 is 0. The molecule has 1 amide bonds. The van der Waals surface area contributed by atoms with Crippen molar-refractivity contribution in [3.8, 4) is 0 Å². The summed E-state index contributed by atoms with van der Waals surface area (Å²) in [5.41, 5.74) is 1.47. The smallest absolute Gasteiger partial charge is 0.232 e. The average Bonchev–Trinajstić information content (AvgIpc) is 2.60. The first-order valence-corrected chi connectivity index (χ1v) is 9.92. The molecule has 1 rings (SSSR count). The van der Waals surface area contributed by atoms with Crippen LogP contribution in [0.3, 0.4) is 0 Å². The van der Waals surface area contributed by atoms with Crippen LogP contribution in [0.4, 0.5) is 8.78 Å². The maximum absolute atomic E-state index is 13.3. The molecule has 0 spiro atoms. The Hall–Kier alpha value is -2.17. The van der Waals surface area contributed by atoms with Crippen molar-refractivity contribution in [2.45, 2.75) is 31.8 Å². The van der Waals surface area contributed by atoms with Crippen molar-refractivity contribution in [2.24, 2.45) is 0 Å². The number of allylic oxidation sites excluding steroid dienone is 4. The summed E-state index contributed by atoms with van der Waals surface area (Å²) in [6.07, 6.45) is 7.20. The molecule has 1 N–H and O–H groups in total. The van der Waals surface area contributed by atoms with Crippen LogP contribution in [0.1, 0.15) is 25.3 Å². The number of hydrogen-bond donors (Lipinski definition) is 1. The number of nitrogens with zero attached hydrogens (tertiary/aromatic N) is 1. The molecule has 0 aromatic heterocycles. The molecule has 0 saturated heterocycles.